The van der Waals surface area contributed by atoms with Crippen molar-refractivity contribution in [1.82, 2.24) is 5.32 Å². The average molecular weight is 371 g/mol. The van der Waals surface area contributed by atoms with Gasteiger partial charge in [0, 0.05) is 11.3 Å². The normalized spacial score (nSPS) is 11.3. The van der Waals surface area contributed by atoms with Gasteiger partial charge in [-0.2, -0.15) is 0 Å². The third kappa shape index (κ3) is 5.56. The molecule has 26 heavy (non-hydrogen) atoms. The standard InChI is InChI=1S/C19H20N2O4S/c1-3-12(2)25-16-9-7-13(8-10-16)17(22)21-19(26)20-15-6-4-5-14(11-15)18(23)24/h4-12H,3H2,1-2H3,(H,23,24)(H2,20,21,22,26)/p-1/t12-/m0/s1. The summed E-state index contributed by atoms with van der Waals surface area (Å²) in [5.74, 6) is -0.979. The highest BCUT2D eigenvalue weighted by atomic mass is 32.1. The molecule has 0 unspecified atom stereocenters. The topological polar surface area (TPSA) is 90.5 Å². The van der Waals surface area contributed by atoms with Gasteiger partial charge in [-0.1, -0.05) is 19.1 Å². The highest BCUT2D eigenvalue weighted by Crippen LogP contribution is 2.15. The third-order valence-electron chi connectivity index (χ3n) is 3.61. The van der Waals surface area contributed by atoms with Gasteiger partial charge in [0.25, 0.3) is 5.91 Å². The second kappa shape index (κ2) is 8.96. The number of amides is 1. The van der Waals surface area contributed by atoms with Crippen molar-refractivity contribution >= 4 is 34.9 Å². The number of thiocarbonyl (C=S) groups is 1. The van der Waals surface area contributed by atoms with Crippen molar-refractivity contribution < 1.29 is 19.4 Å². The van der Waals surface area contributed by atoms with Crippen molar-refractivity contribution in [2.45, 2.75) is 26.4 Å². The second-order valence-corrected chi connectivity index (χ2v) is 6.05. The van der Waals surface area contributed by atoms with Gasteiger partial charge in [-0.3, -0.25) is 10.1 Å². The molecule has 0 aromatic heterocycles. The van der Waals surface area contributed by atoms with Gasteiger partial charge in [0.15, 0.2) is 5.11 Å². The Hall–Kier alpha value is -2.93. The van der Waals surface area contributed by atoms with Crippen LogP contribution in [0.15, 0.2) is 48.5 Å². The van der Waals surface area contributed by atoms with Crippen LogP contribution < -0.4 is 20.5 Å². The van der Waals surface area contributed by atoms with Crippen LogP contribution >= 0.6 is 12.2 Å². The molecule has 2 aromatic rings. The Morgan fingerprint density at radius 1 is 1.15 bits per heavy atom. The fourth-order valence-electron chi connectivity index (χ4n) is 2.06. The molecule has 136 valence electrons. The van der Waals surface area contributed by atoms with Gasteiger partial charge >= 0.3 is 0 Å². The lowest BCUT2D eigenvalue weighted by Gasteiger charge is -2.13. The van der Waals surface area contributed by atoms with Crippen molar-refractivity contribution in [2.24, 2.45) is 0 Å². The number of anilines is 1. The number of carbonyl (C=O) groups excluding carboxylic acids is 2. The number of aromatic carboxylic acids is 1. The zero-order chi connectivity index (χ0) is 19.1. The van der Waals surface area contributed by atoms with Gasteiger partial charge in [-0.05, 0) is 67.5 Å². The molecule has 1 amide bonds. The molecule has 6 nitrogen and oxygen atoms in total. The van der Waals surface area contributed by atoms with E-state index in [0.29, 0.717) is 17.0 Å². The van der Waals surface area contributed by atoms with E-state index in [4.69, 9.17) is 17.0 Å². The van der Waals surface area contributed by atoms with Crippen molar-refractivity contribution in [2.75, 3.05) is 5.32 Å². The molecule has 0 heterocycles. The molecule has 0 radical (unpaired) electrons. The lowest BCUT2D eigenvalue weighted by molar-refractivity contribution is -0.255. The average Bonchev–Trinajstić information content (AvgIpc) is 2.62. The molecular weight excluding hydrogens is 352 g/mol. The van der Waals surface area contributed by atoms with Crippen LogP contribution in [0.1, 0.15) is 41.0 Å². The fourth-order valence-corrected chi connectivity index (χ4v) is 2.27. The monoisotopic (exact) mass is 371 g/mol. The summed E-state index contributed by atoms with van der Waals surface area (Å²) in [4.78, 5) is 23.1. The quantitative estimate of drug-likeness (QED) is 0.758. The Morgan fingerprint density at radius 3 is 2.46 bits per heavy atom. The van der Waals surface area contributed by atoms with E-state index in [9.17, 15) is 14.7 Å². The summed E-state index contributed by atoms with van der Waals surface area (Å²) < 4.78 is 5.67. The Labute approximate surface area is 157 Å². The summed E-state index contributed by atoms with van der Waals surface area (Å²) in [6, 6.07) is 12.7. The number of carbonyl (C=O) groups is 2. The Morgan fingerprint density at radius 2 is 1.85 bits per heavy atom. The lowest BCUT2D eigenvalue weighted by atomic mass is 10.2. The minimum absolute atomic E-state index is 0.0148. The smallest absolute Gasteiger partial charge is 0.257 e. The predicted octanol–water partition coefficient (Wildman–Crippen LogP) is 2.35. The summed E-state index contributed by atoms with van der Waals surface area (Å²) in [7, 11) is 0. The molecule has 0 bridgehead atoms. The van der Waals surface area contributed by atoms with Gasteiger partial charge in [0.1, 0.15) is 5.75 Å². The van der Waals surface area contributed by atoms with Crippen LogP contribution in [0, 0.1) is 0 Å². The molecule has 2 rings (SSSR count). The summed E-state index contributed by atoms with van der Waals surface area (Å²) in [5, 5.41) is 16.2. The van der Waals surface area contributed by atoms with Crippen LogP contribution in [0.2, 0.25) is 0 Å². The fraction of sp³-hybridized carbons (Fsp3) is 0.211. The van der Waals surface area contributed by atoms with E-state index in [1.807, 2.05) is 13.8 Å². The number of ether oxygens (including phenoxy) is 1. The van der Waals surface area contributed by atoms with Crippen LogP contribution in [0.5, 0.6) is 5.75 Å². The van der Waals surface area contributed by atoms with Crippen molar-refractivity contribution in [3.8, 4) is 5.75 Å². The Bertz CT molecular complexity index is 805. The first kappa shape index (κ1) is 19.4. The van der Waals surface area contributed by atoms with E-state index in [2.05, 4.69) is 10.6 Å². The molecule has 0 aliphatic rings. The highest BCUT2D eigenvalue weighted by molar-refractivity contribution is 7.80. The molecule has 2 aromatic carbocycles. The Balaban J connectivity index is 1.95. The van der Waals surface area contributed by atoms with Crippen LogP contribution in [-0.2, 0) is 0 Å². The molecule has 0 aliphatic heterocycles. The van der Waals surface area contributed by atoms with E-state index in [0.717, 1.165) is 6.42 Å². The zero-order valence-corrected chi connectivity index (χ0v) is 15.3. The molecule has 0 aliphatic carbocycles. The molecular formula is C19H19N2O4S-. The summed E-state index contributed by atoms with van der Waals surface area (Å²) in [6.45, 7) is 4.00. The van der Waals surface area contributed by atoms with E-state index in [1.165, 1.54) is 12.1 Å². The van der Waals surface area contributed by atoms with E-state index in [-0.39, 0.29) is 22.7 Å². The number of hydrogen-bond acceptors (Lipinski definition) is 5. The van der Waals surface area contributed by atoms with Crippen molar-refractivity contribution in [3.05, 3.63) is 59.7 Å². The maximum atomic E-state index is 12.2. The van der Waals surface area contributed by atoms with Gasteiger partial charge in [0.05, 0.1) is 12.1 Å². The summed E-state index contributed by atoms with van der Waals surface area (Å²) in [5.41, 5.74) is 0.879. The zero-order valence-electron chi connectivity index (χ0n) is 14.4. The number of benzene rings is 2. The first-order valence-corrected chi connectivity index (χ1v) is 8.50. The molecule has 0 saturated carbocycles. The number of rotatable bonds is 6. The SMILES string of the molecule is CC[C@H](C)Oc1ccc(C(=O)NC(=S)Nc2cccc(C(=O)[O-])c2)cc1. The van der Waals surface area contributed by atoms with E-state index in [1.54, 1.807) is 36.4 Å². The number of carboxylic acids is 1. The predicted molar refractivity (Wildman–Crippen MR) is 101 cm³/mol. The maximum Gasteiger partial charge on any atom is 0.257 e. The lowest BCUT2D eigenvalue weighted by Crippen LogP contribution is -2.34. The minimum Gasteiger partial charge on any atom is -0.545 e. The molecule has 0 saturated heterocycles. The summed E-state index contributed by atoms with van der Waals surface area (Å²) in [6.07, 6.45) is 0.990. The summed E-state index contributed by atoms with van der Waals surface area (Å²) >= 11 is 5.09. The van der Waals surface area contributed by atoms with Gasteiger partial charge in [0.2, 0.25) is 0 Å². The minimum atomic E-state index is -1.29. The first-order valence-electron chi connectivity index (χ1n) is 8.09. The van der Waals surface area contributed by atoms with Crippen LogP contribution in [0.3, 0.4) is 0 Å². The van der Waals surface area contributed by atoms with Crippen LogP contribution in [0.4, 0.5) is 5.69 Å². The molecule has 0 spiro atoms. The largest absolute Gasteiger partial charge is 0.545 e. The van der Waals surface area contributed by atoms with Crippen molar-refractivity contribution in [1.29, 1.82) is 0 Å². The van der Waals surface area contributed by atoms with E-state index < -0.39 is 5.97 Å². The van der Waals surface area contributed by atoms with Crippen LogP contribution in [0.25, 0.3) is 0 Å². The number of nitrogens with one attached hydrogen (secondary N) is 2. The molecule has 7 heteroatoms. The second-order valence-electron chi connectivity index (χ2n) is 5.64. The molecule has 2 N–H and O–H groups in total. The molecule has 1 atom stereocenters. The first-order chi connectivity index (χ1) is 12.4. The van der Waals surface area contributed by atoms with Gasteiger partial charge in [-0.15, -0.1) is 0 Å². The van der Waals surface area contributed by atoms with Gasteiger partial charge < -0.3 is 20.0 Å². The number of hydrogen-bond donors (Lipinski definition) is 2. The van der Waals surface area contributed by atoms with Crippen LogP contribution in [-0.4, -0.2) is 23.1 Å². The van der Waals surface area contributed by atoms with E-state index >= 15 is 0 Å². The number of carboxylic acid groups (broad SMARTS) is 1. The Kier molecular flexibility index (Phi) is 6.68. The highest BCUT2D eigenvalue weighted by Gasteiger charge is 2.09. The van der Waals surface area contributed by atoms with Gasteiger partial charge in [-0.25, -0.2) is 0 Å². The molecule has 0 fully saturated rings. The third-order valence-corrected chi connectivity index (χ3v) is 3.82. The van der Waals surface area contributed by atoms with Crippen molar-refractivity contribution in [3.63, 3.8) is 0 Å². The maximum absolute atomic E-state index is 12.2.